The van der Waals surface area contributed by atoms with Crippen molar-refractivity contribution in [2.45, 2.75) is 245 Å². The fourth-order valence-electron chi connectivity index (χ4n) is 5.83. The number of carboxylic acid groups (broad SMARTS) is 2. The van der Waals surface area contributed by atoms with E-state index >= 15 is 0 Å². The molecule has 0 aromatic rings. The highest BCUT2D eigenvalue weighted by molar-refractivity contribution is 5.67. The van der Waals surface area contributed by atoms with Gasteiger partial charge in [0.1, 0.15) is 25.4 Å². The fourth-order valence-corrected chi connectivity index (χ4v) is 5.83. The van der Waals surface area contributed by atoms with Crippen LogP contribution in [0.2, 0.25) is 0 Å². The first kappa shape index (κ1) is 62.4. The van der Waals surface area contributed by atoms with Gasteiger partial charge in [-0.3, -0.25) is 19.2 Å². The number of aliphatic hydroxyl groups excluding tert-OH is 4. The number of esters is 2. The topological polar surface area (TPSA) is 208 Å². The van der Waals surface area contributed by atoms with Crippen LogP contribution in [0.4, 0.5) is 0 Å². The first-order chi connectivity index (χ1) is 27.9. The van der Waals surface area contributed by atoms with Crippen LogP contribution in [0, 0.1) is 0 Å². The molecule has 0 heterocycles. The molecule has 348 valence electrons. The summed E-state index contributed by atoms with van der Waals surface area (Å²) in [4.78, 5) is 40.8. The van der Waals surface area contributed by atoms with Gasteiger partial charge in [0.2, 0.25) is 0 Å². The molecule has 0 aromatic heterocycles. The SMILES string of the molecule is CC(=O)OCC(O)CO.CC(=O)OCC(O)CO.CCCCCCCCCCCCCCCCCC(=O)O.CCCCCCCCCCCCCCCCCC(=O)O. The summed E-state index contributed by atoms with van der Waals surface area (Å²) in [7, 11) is 0. The summed E-state index contributed by atoms with van der Waals surface area (Å²) >= 11 is 0. The van der Waals surface area contributed by atoms with Crippen molar-refractivity contribution in [3.8, 4) is 0 Å². The zero-order valence-electron chi connectivity index (χ0n) is 37.7. The molecule has 0 aliphatic carbocycles. The van der Waals surface area contributed by atoms with Crippen molar-refractivity contribution < 1.29 is 59.3 Å². The number of aliphatic hydroxyl groups is 4. The molecule has 6 N–H and O–H groups in total. The Kier molecular flexibility index (Phi) is 58.8. The molecule has 0 radical (unpaired) electrons. The highest BCUT2D eigenvalue weighted by Crippen LogP contribution is 2.15. The third-order valence-electron chi connectivity index (χ3n) is 9.37. The molecule has 2 unspecified atom stereocenters. The Morgan fingerprint density at radius 3 is 0.724 bits per heavy atom. The predicted molar refractivity (Wildman–Crippen MR) is 234 cm³/mol. The van der Waals surface area contributed by atoms with Crippen molar-refractivity contribution >= 4 is 23.9 Å². The molecule has 12 nitrogen and oxygen atoms in total. The van der Waals surface area contributed by atoms with E-state index in [4.69, 9.17) is 30.6 Å². The summed E-state index contributed by atoms with van der Waals surface area (Å²) in [5.74, 6) is -2.22. The molecule has 0 saturated carbocycles. The van der Waals surface area contributed by atoms with E-state index in [0.29, 0.717) is 12.8 Å². The Morgan fingerprint density at radius 2 is 0.569 bits per heavy atom. The smallest absolute Gasteiger partial charge is 0.303 e. The summed E-state index contributed by atoms with van der Waals surface area (Å²) in [6.07, 6.45) is 38.5. The Morgan fingerprint density at radius 1 is 0.379 bits per heavy atom. The zero-order valence-corrected chi connectivity index (χ0v) is 37.7. The standard InChI is InChI=1S/2C18H36O2.2C5H10O4/c2*1-2-3-4-5-6-7-8-9-10-11-12-13-14-15-16-17-18(19)20;2*1-4(7)9-3-5(8)2-6/h2*2-17H2,1H3,(H,19,20);2*5-6,8H,2-3H2,1H3. The molecule has 2 atom stereocenters. The summed E-state index contributed by atoms with van der Waals surface area (Å²) in [6.45, 7) is 5.99. The molecule has 0 bridgehead atoms. The van der Waals surface area contributed by atoms with Crippen molar-refractivity contribution in [1.29, 1.82) is 0 Å². The number of ether oxygens (including phenoxy) is 2. The fraction of sp³-hybridized carbons (Fsp3) is 0.913. The van der Waals surface area contributed by atoms with Gasteiger partial charge in [0, 0.05) is 26.7 Å². The Balaban J connectivity index is -0.000000358. The maximum Gasteiger partial charge on any atom is 0.303 e. The number of carboxylic acids is 2. The van der Waals surface area contributed by atoms with Crippen LogP contribution in [0.5, 0.6) is 0 Å². The minimum absolute atomic E-state index is 0.133. The van der Waals surface area contributed by atoms with Crippen LogP contribution in [0.3, 0.4) is 0 Å². The van der Waals surface area contributed by atoms with Gasteiger partial charge in [0.15, 0.2) is 0 Å². The van der Waals surface area contributed by atoms with Crippen LogP contribution in [0.1, 0.15) is 233 Å². The molecular weight excluding hydrogens is 744 g/mol. The molecule has 0 fully saturated rings. The van der Waals surface area contributed by atoms with Crippen molar-refractivity contribution in [3.63, 3.8) is 0 Å². The first-order valence-electron chi connectivity index (χ1n) is 23.2. The quantitative estimate of drug-likeness (QED) is 0.0254. The summed E-state index contributed by atoms with van der Waals surface area (Å²) < 4.78 is 8.69. The zero-order chi connectivity index (χ0) is 44.3. The van der Waals surface area contributed by atoms with Gasteiger partial charge in [-0.15, -0.1) is 0 Å². The van der Waals surface area contributed by atoms with Crippen molar-refractivity contribution in [1.82, 2.24) is 0 Å². The van der Waals surface area contributed by atoms with Gasteiger partial charge in [-0.1, -0.05) is 194 Å². The van der Waals surface area contributed by atoms with E-state index in [2.05, 4.69) is 23.3 Å². The van der Waals surface area contributed by atoms with Gasteiger partial charge in [0.05, 0.1) is 13.2 Å². The molecule has 0 spiro atoms. The number of carbonyl (C=O) groups excluding carboxylic acids is 2. The highest BCUT2D eigenvalue weighted by Gasteiger charge is 2.03. The lowest BCUT2D eigenvalue weighted by Crippen LogP contribution is -2.20. The summed E-state index contributed by atoms with van der Waals surface area (Å²) in [6, 6.07) is 0. The predicted octanol–water partition coefficient (Wildman–Crippen LogP) is 10.5. The van der Waals surface area contributed by atoms with Crippen LogP contribution in [0.15, 0.2) is 0 Å². The second kappa shape index (κ2) is 54.7. The van der Waals surface area contributed by atoms with Gasteiger partial charge in [0.25, 0.3) is 0 Å². The molecule has 0 aliphatic heterocycles. The minimum Gasteiger partial charge on any atom is -0.481 e. The molecule has 0 saturated heterocycles. The van der Waals surface area contributed by atoms with Gasteiger partial charge in [-0.25, -0.2) is 0 Å². The number of hydrogen-bond acceptors (Lipinski definition) is 10. The average Bonchev–Trinajstić information content (AvgIpc) is 3.19. The van der Waals surface area contributed by atoms with E-state index in [1.165, 1.54) is 181 Å². The van der Waals surface area contributed by atoms with Crippen LogP contribution in [0.25, 0.3) is 0 Å². The molecule has 0 aromatic carbocycles. The van der Waals surface area contributed by atoms with Crippen molar-refractivity contribution in [2.24, 2.45) is 0 Å². The summed E-state index contributed by atoms with van der Waals surface area (Å²) in [5, 5.41) is 50.6. The lowest BCUT2D eigenvalue weighted by molar-refractivity contribution is -0.145. The van der Waals surface area contributed by atoms with E-state index in [-0.39, 0.29) is 26.4 Å². The monoisotopic (exact) mass is 837 g/mol. The lowest BCUT2D eigenvalue weighted by atomic mass is 10.0. The largest absolute Gasteiger partial charge is 0.481 e. The van der Waals surface area contributed by atoms with Crippen molar-refractivity contribution in [3.05, 3.63) is 0 Å². The van der Waals surface area contributed by atoms with Gasteiger partial charge in [-0.05, 0) is 12.8 Å². The van der Waals surface area contributed by atoms with Crippen molar-refractivity contribution in [2.75, 3.05) is 26.4 Å². The van der Waals surface area contributed by atoms with Gasteiger partial charge < -0.3 is 40.1 Å². The van der Waals surface area contributed by atoms with Gasteiger partial charge in [-0.2, -0.15) is 0 Å². The normalized spacial score (nSPS) is 11.4. The molecule has 0 rings (SSSR count). The Hall–Kier alpha value is -2.28. The highest BCUT2D eigenvalue weighted by atomic mass is 16.5. The molecule has 0 amide bonds. The number of hydrogen-bond donors (Lipinski definition) is 6. The lowest BCUT2D eigenvalue weighted by Gasteiger charge is -2.05. The number of unbranched alkanes of at least 4 members (excludes halogenated alkanes) is 28. The molecule has 0 aliphatic rings. The van der Waals surface area contributed by atoms with E-state index in [1.54, 1.807) is 0 Å². The number of carbonyl (C=O) groups is 4. The number of aliphatic carboxylic acids is 2. The maximum atomic E-state index is 10.3. The van der Waals surface area contributed by atoms with E-state index < -0.39 is 36.1 Å². The molecule has 58 heavy (non-hydrogen) atoms. The second-order valence-corrected chi connectivity index (χ2v) is 15.5. The van der Waals surface area contributed by atoms with E-state index in [0.717, 1.165) is 25.7 Å². The number of rotatable bonds is 38. The van der Waals surface area contributed by atoms with Crippen LogP contribution >= 0.6 is 0 Å². The third kappa shape index (κ3) is 71.4. The van der Waals surface area contributed by atoms with Crippen LogP contribution in [-0.4, -0.2) is 93.2 Å². The van der Waals surface area contributed by atoms with E-state index in [9.17, 15) is 19.2 Å². The Labute approximate surface area is 354 Å². The molecule has 12 heteroatoms. The molecular formula is C46H92O12. The average molecular weight is 837 g/mol. The van der Waals surface area contributed by atoms with Crippen LogP contribution < -0.4 is 0 Å². The third-order valence-corrected chi connectivity index (χ3v) is 9.37. The minimum atomic E-state index is -0.950. The maximum absolute atomic E-state index is 10.3. The first-order valence-corrected chi connectivity index (χ1v) is 23.2. The Bertz CT molecular complexity index is 787. The van der Waals surface area contributed by atoms with Gasteiger partial charge >= 0.3 is 23.9 Å². The summed E-state index contributed by atoms with van der Waals surface area (Å²) in [5.41, 5.74) is 0. The second-order valence-electron chi connectivity index (χ2n) is 15.5. The van der Waals surface area contributed by atoms with E-state index in [1.807, 2.05) is 0 Å². The van der Waals surface area contributed by atoms with Crippen LogP contribution in [-0.2, 0) is 28.7 Å².